The third-order valence-electron chi connectivity index (χ3n) is 2.44. The summed E-state index contributed by atoms with van der Waals surface area (Å²) in [5.74, 6) is 0.209. The number of anilines is 3. The van der Waals surface area contributed by atoms with Crippen LogP contribution in [0.25, 0.3) is 0 Å². The summed E-state index contributed by atoms with van der Waals surface area (Å²) < 4.78 is 0. The number of nitrogens with one attached hydrogen (secondary N) is 1. The molecule has 0 unspecified atom stereocenters. The minimum Gasteiger partial charge on any atom is -0.368 e. The summed E-state index contributed by atoms with van der Waals surface area (Å²) in [7, 11) is 0. The first-order chi connectivity index (χ1) is 11.1. The molecule has 0 atom stereocenters. The van der Waals surface area contributed by atoms with Crippen LogP contribution in [0.2, 0.25) is 0 Å². The zero-order valence-electron chi connectivity index (χ0n) is 11.9. The first kappa shape index (κ1) is 16.9. The van der Waals surface area contributed by atoms with Crippen molar-refractivity contribution >= 4 is 47.0 Å². The maximum Gasteiger partial charge on any atom is 0.234 e. The van der Waals surface area contributed by atoms with Gasteiger partial charge in [0, 0.05) is 4.90 Å². The number of nitrogens with two attached hydrogens (primary N) is 2. The second-order valence-corrected chi connectivity index (χ2v) is 6.07. The summed E-state index contributed by atoms with van der Waals surface area (Å²) in [4.78, 5) is 24.3. The third kappa shape index (κ3) is 5.32. The number of nitrogens with zero attached hydrogens (tertiary/aromatic N) is 4. The summed E-state index contributed by atoms with van der Waals surface area (Å²) in [6.45, 7) is 0. The van der Waals surface area contributed by atoms with E-state index in [0.29, 0.717) is 11.4 Å². The van der Waals surface area contributed by atoms with Crippen LogP contribution in [0.15, 0.2) is 34.3 Å². The maximum atomic E-state index is 12.0. The number of aromatic nitrogens is 3. The number of para-hydroxylation sites is 1. The van der Waals surface area contributed by atoms with E-state index in [4.69, 9.17) is 16.7 Å². The summed E-state index contributed by atoms with van der Waals surface area (Å²) in [6.07, 6.45) is 0. The molecule has 0 fully saturated rings. The smallest absolute Gasteiger partial charge is 0.234 e. The Balaban J connectivity index is 1.96. The molecule has 0 aliphatic heterocycles. The Morgan fingerprint density at radius 1 is 1.17 bits per heavy atom. The molecule has 0 bridgehead atoms. The monoisotopic (exact) mass is 347 g/mol. The van der Waals surface area contributed by atoms with Crippen LogP contribution in [0.3, 0.4) is 0 Å². The van der Waals surface area contributed by atoms with Crippen LogP contribution in [0, 0.1) is 11.3 Å². The van der Waals surface area contributed by atoms with Gasteiger partial charge in [-0.1, -0.05) is 23.9 Å². The fourth-order valence-electron chi connectivity index (χ4n) is 1.58. The molecule has 1 amide bonds. The molecule has 2 rings (SSSR count). The van der Waals surface area contributed by atoms with Crippen molar-refractivity contribution in [3.63, 3.8) is 0 Å². The number of rotatable bonds is 6. The van der Waals surface area contributed by atoms with Gasteiger partial charge in [-0.25, -0.2) is 0 Å². The van der Waals surface area contributed by atoms with Gasteiger partial charge in [-0.05, 0) is 12.1 Å². The van der Waals surface area contributed by atoms with E-state index >= 15 is 0 Å². The van der Waals surface area contributed by atoms with Crippen molar-refractivity contribution in [2.45, 2.75) is 10.1 Å². The number of hydrogen-bond acceptors (Lipinski definition) is 9. The molecule has 2 aromatic rings. The fraction of sp³-hybridized carbons (Fsp3) is 0.154. The molecule has 0 saturated heterocycles. The number of nitrogen functional groups attached to an aromatic ring is 2. The van der Waals surface area contributed by atoms with Crippen molar-refractivity contribution in [2.75, 3.05) is 28.3 Å². The highest BCUT2D eigenvalue weighted by Crippen LogP contribution is 2.27. The maximum absolute atomic E-state index is 12.0. The standard InChI is InChI=1S/C13H13N7OS2/c14-5-6-22-9-4-2-1-3-8(9)17-10(21)7-23-13-19-11(15)18-12(16)20-13/h1-4H,6-7H2,(H,17,21)(H4,15,16,18,19,20). The number of carbonyl (C=O) groups excluding carboxylic acids is 1. The van der Waals surface area contributed by atoms with E-state index in [1.807, 2.05) is 18.2 Å². The highest BCUT2D eigenvalue weighted by Gasteiger charge is 2.10. The molecule has 10 heteroatoms. The van der Waals surface area contributed by atoms with Crippen LogP contribution < -0.4 is 16.8 Å². The SMILES string of the molecule is N#CCSc1ccccc1NC(=O)CSc1nc(N)nc(N)n1. The second kappa shape index (κ2) is 8.21. The minimum atomic E-state index is -0.224. The minimum absolute atomic E-state index is 0.0126. The predicted octanol–water partition coefficient (Wildman–Crippen LogP) is 1.38. The second-order valence-electron chi connectivity index (χ2n) is 4.11. The predicted molar refractivity (Wildman–Crippen MR) is 90.8 cm³/mol. The molecule has 1 aromatic heterocycles. The highest BCUT2D eigenvalue weighted by molar-refractivity contribution is 8.00. The van der Waals surface area contributed by atoms with Crippen molar-refractivity contribution in [1.82, 2.24) is 15.0 Å². The molecule has 1 heterocycles. The normalized spacial score (nSPS) is 10.0. The van der Waals surface area contributed by atoms with Gasteiger partial charge in [0.1, 0.15) is 0 Å². The lowest BCUT2D eigenvalue weighted by atomic mass is 10.3. The van der Waals surface area contributed by atoms with E-state index in [-0.39, 0.29) is 28.7 Å². The van der Waals surface area contributed by atoms with Crippen molar-refractivity contribution < 1.29 is 4.79 Å². The number of carbonyl (C=O) groups is 1. The van der Waals surface area contributed by atoms with Crippen LogP contribution in [-0.2, 0) is 4.79 Å². The van der Waals surface area contributed by atoms with Gasteiger partial charge in [-0.2, -0.15) is 20.2 Å². The first-order valence-corrected chi connectivity index (χ1v) is 8.34. The Bertz CT molecular complexity index is 727. The topological polar surface area (TPSA) is 144 Å². The van der Waals surface area contributed by atoms with Gasteiger partial charge in [-0.3, -0.25) is 4.79 Å². The van der Waals surface area contributed by atoms with Gasteiger partial charge in [-0.15, -0.1) is 11.8 Å². The number of amides is 1. The Morgan fingerprint density at radius 2 is 1.87 bits per heavy atom. The van der Waals surface area contributed by atoms with Crippen LogP contribution >= 0.6 is 23.5 Å². The molecule has 0 radical (unpaired) electrons. The van der Waals surface area contributed by atoms with Crippen LogP contribution in [0.1, 0.15) is 0 Å². The van der Waals surface area contributed by atoms with Crippen LogP contribution in [0.5, 0.6) is 0 Å². The average molecular weight is 347 g/mol. The van der Waals surface area contributed by atoms with E-state index in [1.54, 1.807) is 6.07 Å². The zero-order valence-corrected chi connectivity index (χ0v) is 13.5. The number of thioether (sulfide) groups is 2. The van der Waals surface area contributed by atoms with Gasteiger partial charge in [0.25, 0.3) is 0 Å². The van der Waals surface area contributed by atoms with E-state index in [1.165, 1.54) is 11.8 Å². The van der Waals surface area contributed by atoms with E-state index in [2.05, 4.69) is 26.3 Å². The largest absolute Gasteiger partial charge is 0.368 e. The molecule has 23 heavy (non-hydrogen) atoms. The Kier molecular flexibility index (Phi) is 6.02. The van der Waals surface area contributed by atoms with Crippen molar-refractivity contribution in [3.05, 3.63) is 24.3 Å². The van der Waals surface area contributed by atoms with Gasteiger partial charge in [0.2, 0.25) is 17.8 Å². The third-order valence-corrected chi connectivity index (χ3v) is 4.22. The molecule has 0 aliphatic carbocycles. The van der Waals surface area contributed by atoms with Gasteiger partial charge >= 0.3 is 0 Å². The fourth-order valence-corrected chi connectivity index (χ4v) is 2.89. The molecular formula is C13H13N7OS2. The van der Waals surface area contributed by atoms with E-state index in [9.17, 15) is 4.79 Å². The van der Waals surface area contributed by atoms with Crippen LogP contribution in [-0.4, -0.2) is 32.4 Å². The summed E-state index contributed by atoms with van der Waals surface area (Å²) in [5.41, 5.74) is 11.6. The highest BCUT2D eigenvalue weighted by atomic mass is 32.2. The van der Waals surface area contributed by atoms with Gasteiger partial charge in [0.15, 0.2) is 5.16 Å². The van der Waals surface area contributed by atoms with Gasteiger partial charge < -0.3 is 16.8 Å². The lowest BCUT2D eigenvalue weighted by molar-refractivity contribution is -0.113. The Hall–Kier alpha value is -2.51. The quantitative estimate of drug-likeness (QED) is 0.660. The molecule has 8 nitrogen and oxygen atoms in total. The molecule has 118 valence electrons. The number of benzene rings is 1. The van der Waals surface area contributed by atoms with Crippen LogP contribution in [0.4, 0.5) is 17.6 Å². The number of nitriles is 1. The zero-order chi connectivity index (χ0) is 16.7. The Labute approximate surface area is 141 Å². The Morgan fingerprint density at radius 3 is 2.57 bits per heavy atom. The van der Waals surface area contributed by atoms with Crippen molar-refractivity contribution in [2.24, 2.45) is 0 Å². The van der Waals surface area contributed by atoms with Crippen molar-refractivity contribution in [1.29, 1.82) is 5.26 Å². The average Bonchev–Trinajstić information content (AvgIpc) is 2.51. The molecule has 5 N–H and O–H groups in total. The van der Waals surface area contributed by atoms with Crippen molar-refractivity contribution in [3.8, 4) is 6.07 Å². The molecular weight excluding hydrogens is 334 g/mol. The molecule has 1 aromatic carbocycles. The summed E-state index contributed by atoms with van der Waals surface area (Å²) in [6, 6.07) is 9.34. The summed E-state index contributed by atoms with van der Waals surface area (Å²) >= 11 is 2.47. The molecule has 0 aliphatic rings. The van der Waals surface area contributed by atoms with E-state index in [0.717, 1.165) is 16.7 Å². The molecule has 0 saturated carbocycles. The lowest BCUT2D eigenvalue weighted by Crippen LogP contribution is -2.15. The lowest BCUT2D eigenvalue weighted by Gasteiger charge is -2.09. The number of hydrogen-bond donors (Lipinski definition) is 3. The van der Waals surface area contributed by atoms with E-state index < -0.39 is 0 Å². The first-order valence-electron chi connectivity index (χ1n) is 6.37. The summed E-state index contributed by atoms with van der Waals surface area (Å²) in [5, 5.41) is 11.7. The molecule has 0 spiro atoms. The van der Waals surface area contributed by atoms with Gasteiger partial charge in [0.05, 0.1) is 23.3 Å².